The van der Waals surface area contributed by atoms with Gasteiger partial charge in [0.1, 0.15) is 9.52 Å². The summed E-state index contributed by atoms with van der Waals surface area (Å²) < 4.78 is 0. The Morgan fingerprint density at radius 1 is 0.806 bits per heavy atom. The maximum absolute atomic E-state index is 9.71. The third-order valence-corrected chi connectivity index (χ3v) is 5.10. The van der Waals surface area contributed by atoms with Crippen molar-refractivity contribution in [1.29, 1.82) is 0 Å². The van der Waals surface area contributed by atoms with Crippen LogP contribution in [0, 0.1) is 0 Å². The average molecular weight is 633 g/mol. The predicted molar refractivity (Wildman–Crippen MR) is 122 cm³/mol. The molecule has 0 aromatic heterocycles. The zero-order valence-electron chi connectivity index (χ0n) is 17.4. The minimum atomic E-state index is -0.461. The molecule has 31 heavy (non-hydrogen) atoms. The molecule has 4 aromatic carbocycles. The van der Waals surface area contributed by atoms with Crippen molar-refractivity contribution in [2.45, 2.75) is 19.8 Å². The van der Waals surface area contributed by atoms with Gasteiger partial charge in [0, 0.05) is 5.91 Å². The molecular weight excluding hydrogens is 608 g/mol. The molecule has 2 nitrogen and oxygen atoms in total. The van der Waals surface area contributed by atoms with Crippen LogP contribution in [0.1, 0.15) is 19.8 Å². The van der Waals surface area contributed by atoms with Gasteiger partial charge < -0.3 is 35.3 Å². The number of carbonyl (C=O) groups excluding carboxylic acids is 1. The van der Waals surface area contributed by atoms with Crippen LogP contribution in [0.15, 0.2) is 103 Å². The second kappa shape index (κ2) is 19.1. The van der Waals surface area contributed by atoms with Crippen LogP contribution in [0.4, 0.5) is 0 Å². The molecule has 0 spiro atoms. The zero-order chi connectivity index (χ0) is 20.0. The van der Waals surface area contributed by atoms with Gasteiger partial charge in [-0.05, 0) is 6.42 Å². The molecule has 6 heteroatoms. The van der Waals surface area contributed by atoms with Crippen LogP contribution in [0.2, 0.25) is 0 Å². The van der Waals surface area contributed by atoms with Gasteiger partial charge in [0.15, 0.2) is 0 Å². The molecular formula is C25H25Cl2HfNOSi. The molecule has 0 unspecified atom stereocenters. The fourth-order valence-electron chi connectivity index (χ4n) is 2.51. The monoisotopic (exact) mass is 633 g/mol. The van der Waals surface area contributed by atoms with E-state index in [-0.39, 0.29) is 50.7 Å². The van der Waals surface area contributed by atoms with Gasteiger partial charge in [-0.2, -0.15) is 17.5 Å². The Labute approximate surface area is 219 Å². The number of fused-ring (bicyclic) bond motifs is 1. The SMILES string of the molecule is CCCC([NH-])=O.[Cl-].[Cl-].[Hf+4].c1ccc([Si]c2ccccc2)cc1.c1ccc2[cH-]ccc2c1. The van der Waals surface area contributed by atoms with Crippen LogP contribution >= 0.6 is 0 Å². The first-order valence-corrected chi connectivity index (χ1v) is 10.4. The van der Waals surface area contributed by atoms with E-state index in [9.17, 15) is 4.79 Å². The smallest absolute Gasteiger partial charge is 1.00 e. The molecule has 0 saturated heterocycles. The minimum Gasteiger partial charge on any atom is -1.00 e. The van der Waals surface area contributed by atoms with Gasteiger partial charge in [-0.15, -0.1) is 29.7 Å². The number of halogens is 2. The van der Waals surface area contributed by atoms with Crippen molar-refractivity contribution < 1.29 is 55.5 Å². The molecule has 0 saturated carbocycles. The summed E-state index contributed by atoms with van der Waals surface area (Å²) in [6, 6.07) is 35.8. The summed E-state index contributed by atoms with van der Waals surface area (Å²) in [6.45, 7) is 1.88. The summed E-state index contributed by atoms with van der Waals surface area (Å²) in [5.41, 5.74) is 6.34. The van der Waals surface area contributed by atoms with E-state index in [4.69, 9.17) is 5.73 Å². The van der Waals surface area contributed by atoms with Crippen molar-refractivity contribution in [3.63, 3.8) is 0 Å². The molecule has 2 radical (unpaired) electrons. The van der Waals surface area contributed by atoms with Crippen molar-refractivity contribution in [2.24, 2.45) is 0 Å². The number of benzene rings is 3. The molecule has 0 heterocycles. The summed E-state index contributed by atoms with van der Waals surface area (Å²) >= 11 is 0. The molecule has 0 aliphatic rings. The summed E-state index contributed by atoms with van der Waals surface area (Å²) in [6.07, 6.45) is 1.20. The Bertz CT molecular complexity index is 882. The van der Waals surface area contributed by atoms with Gasteiger partial charge >= 0.3 is 25.8 Å². The van der Waals surface area contributed by atoms with E-state index >= 15 is 0 Å². The topological polar surface area (TPSA) is 40.9 Å². The van der Waals surface area contributed by atoms with E-state index < -0.39 is 5.91 Å². The third kappa shape index (κ3) is 13.4. The van der Waals surface area contributed by atoms with Gasteiger partial charge in [0.2, 0.25) is 0 Å². The molecule has 0 aliphatic heterocycles. The fraction of sp³-hybridized carbons (Fsp3) is 0.120. The van der Waals surface area contributed by atoms with Crippen molar-refractivity contribution in [3.8, 4) is 0 Å². The van der Waals surface area contributed by atoms with Gasteiger partial charge in [-0.1, -0.05) is 90.4 Å². The molecule has 0 fully saturated rings. The first-order chi connectivity index (χ1) is 13.7. The number of hydrogen-bond donors (Lipinski definition) is 0. The predicted octanol–water partition coefficient (Wildman–Crippen LogP) is -0.729. The van der Waals surface area contributed by atoms with Crippen LogP contribution in [-0.2, 0) is 30.6 Å². The van der Waals surface area contributed by atoms with Crippen molar-refractivity contribution >= 4 is 36.6 Å². The summed E-state index contributed by atoms with van der Waals surface area (Å²) in [5.74, 6) is -0.461. The van der Waals surface area contributed by atoms with E-state index in [2.05, 4.69) is 103 Å². The van der Waals surface area contributed by atoms with Gasteiger partial charge in [0.05, 0.1) is 0 Å². The molecule has 0 bridgehead atoms. The number of hydrogen-bond acceptors (Lipinski definition) is 1. The van der Waals surface area contributed by atoms with E-state index in [0.29, 0.717) is 6.42 Å². The number of amides is 1. The van der Waals surface area contributed by atoms with Crippen molar-refractivity contribution in [3.05, 3.63) is 109 Å². The summed E-state index contributed by atoms with van der Waals surface area (Å²) in [4.78, 5) is 9.71. The van der Waals surface area contributed by atoms with Crippen LogP contribution < -0.4 is 35.2 Å². The Hall–Kier alpha value is -1.59. The third-order valence-electron chi connectivity index (χ3n) is 3.86. The van der Waals surface area contributed by atoms with Crippen LogP contribution in [0.25, 0.3) is 16.5 Å². The molecule has 0 aliphatic carbocycles. The van der Waals surface area contributed by atoms with Crippen molar-refractivity contribution in [2.75, 3.05) is 0 Å². The Kier molecular flexibility index (Phi) is 19.5. The largest absolute Gasteiger partial charge is 4.00 e. The second-order valence-electron chi connectivity index (χ2n) is 6.18. The fourth-order valence-corrected chi connectivity index (χ4v) is 3.56. The molecule has 158 valence electrons. The van der Waals surface area contributed by atoms with E-state index in [1.165, 1.54) is 21.1 Å². The zero-order valence-corrected chi connectivity index (χ0v) is 23.5. The number of carbonyl (C=O) groups is 1. The maximum Gasteiger partial charge on any atom is 4.00 e. The Morgan fingerprint density at radius 2 is 1.29 bits per heavy atom. The molecule has 4 aromatic rings. The number of nitrogens with one attached hydrogen (secondary N) is 1. The molecule has 0 atom stereocenters. The van der Waals surface area contributed by atoms with Gasteiger partial charge in [0.25, 0.3) is 0 Å². The normalized spacial score (nSPS) is 8.68. The standard InChI is InChI=1S/C12H10Si.C9H7.C4H9NO.2ClH.Hf/c1-3-7-11(8-4-1)13-12-9-5-2-6-10-12;1-2-5-9-7-3-6-8(9)4-1;1-2-3-4(5)6;;;/h1-10H;1-7H;2-3H2,1H3,(H2,5,6);2*1H;/q;-1;;;;+4/p-3. The van der Waals surface area contributed by atoms with E-state index in [1.54, 1.807) is 0 Å². The van der Waals surface area contributed by atoms with E-state index in [0.717, 1.165) is 15.9 Å². The van der Waals surface area contributed by atoms with Gasteiger partial charge in [-0.3, -0.25) is 0 Å². The van der Waals surface area contributed by atoms with Crippen LogP contribution in [0.3, 0.4) is 0 Å². The Balaban J connectivity index is 0. The first kappa shape index (κ1) is 31.6. The summed E-state index contributed by atoms with van der Waals surface area (Å²) in [5, 5.41) is 5.46. The first-order valence-electron chi connectivity index (χ1n) is 9.41. The van der Waals surface area contributed by atoms with Gasteiger partial charge in [-0.25, -0.2) is 0 Å². The quantitative estimate of drug-likeness (QED) is 0.216. The summed E-state index contributed by atoms with van der Waals surface area (Å²) in [7, 11) is 0.777. The van der Waals surface area contributed by atoms with Crippen molar-refractivity contribution in [1.82, 2.24) is 0 Å². The molecule has 1 amide bonds. The Morgan fingerprint density at radius 3 is 1.71 bits per heavy atom. The number of rotatable bonds is 4. The van der Waals surface area contributed by atoms with Crippen LogP contribution in [0.5, 0.6) is 0 Å². The van der Waals surface area contributed by atoms with Crippen LogP contribution in [-0.4, -0.2) is 15.4 Å². The second-order valence-corrected chi connectivity index (χ2v) is 7.59. The average Bonchev–Trinajstić information content (AvgIpc) is 3.19. The molecule has 4 rings (SSSR count). The minimum absolute atomic E-state index is 0. The van der Waals surface area contributed by atoms with E-state index in [1.807, 2.05) is 6.92 Å². The maximum atomic E-state index is 9.71. The molecule has 1 N–H and O–H groups in total.